The highest BCUT2D eigenvalue weighted by Crippen LogP contribution is 2.18. The molecule has 12 heavy (non-hydrogen) atoms. The maximum atomic E-state index is 10.4. The van der Waals surface area contributed by atoms with E-state index < -0.39 is 5.97 Å². The van der Waals surface area contributed by atoms with Crippen molar-refractivity contribution in [2.45, 2.75) is 19.3 Å². The molecule has 4 heteroatoms. The summed E-state index contributed by atoms with van der Waals surface area (Å²) >= 11 is 0. The van der Waals surface area contributed by atoms with Crippen molar-refractivity contribution in [3.05, 3.63) is 0 Å². The number of carbonyl (C=O) groups excluding carboxylic acids is 1. The summed E-state index contributed by atoms with van der Waals surface area (Å²) in [6.45, 7) is 1.38. The van der Waals surface area contributed by atoms with Crippen molar-refractivity contribution in [2.24, 2.45) is 5.92 Å². The zero-order valence-electron chi connectivity index (χ0n) is 6.90. The zero-order chi connectivity index (χ0) is 8.97. The van der Waals surface area contributed by atoms with E-state index in [1.807, 2.05) is 0 Å². The summed E-state index contributed by atoms with van der Waals surface area (Å²) in [5, 5.41) is 8.52. The van der Waals surface area contributed by atoms with Crippen LogP contribution in [0.1, 0.15) is 19.3 Å². The minimum absolute atomic E-state index is 0.154. The number of rotatable bonds is 3. The molecule has 4 nitrogen and oxygen atoms in total. The topological polar surface area (TPSA) is 57.6 Å². The number of aliphatic carboxylic acids is 1. The Bertz CT molecular complexity index is 181. The second-order valence-corrected chi connectivity index (χ2v) is 3.21. The first-order chi connectivity index (χ1) is 5.72. The molecule has 1 N–H and O–H groups in total. The van der Waals surface area contributed by atoms with Crippen LogP contribution in [-0.4, -0.2) is 35.5 Å². The first-order valence-electron chi connectivity index (χ1n) is 4.13. The fourth-order valence-corrected chi connectivity index (χ4v) is 1.61. The lowest BCUT2D eigenvalue weighted by Crippen LogP contribution is -2.35. The Kier molecular flexibility index (Phi) is 3.08. The molecule has 1 aliphatic heterocycles. The van der Waals surface area contributed by atoms with Gasteiger partial charge in [-0.25, -0.2) is 0 Å². The maximum absolute atomic E-state index is 10.4. The number of hydrogen-bond acceptors (Lipinski definition) is 2. The van der Waals surface area contributed by atoms with Crippen molar-refractivity contribution in [3.63, 3.8) is 0 Å². The number of carbonyl (C=O) groups is 2. The van der Waals surface area contributed by atoms with Gasteiger partial charge in [0.2, 0.25) is 6.41 Å². The number of likely N-dealkylation sites (tertiary alicyclic amines) is 1. The number of piperidine rings is 1. The zero-order valence-corrected chi connectivity index (χ0v) is 6.90. The molecule has 0 aromatic carbocycles. The summed E-state index contributed by atoms with van der Waals surface area (Å²) in [6.07, 6.45) is 2.84. The Hall–Kier alpha value is -1.06. The summed E-state index contributed by atoms with van der Waals surface area (Å²) in [4.78, 5) is 22.4. The van der Waals surface area contributed by atoms with E-state index >= 15 is 0 Å². The van der Waals surface area contributed by atoms with Gasteiger partial charge in [0, 0.05) is 19.5 Å². The normalized spacial score (nSPS) is 23.7. The van der Waals surface area contributed by atoms with Crippen molar-refractivity contribution >= 4 is 12.4 Å². The van der Waals surface area contributed by atoms with Crippen molar-refractivity contribution in [3.8, 4) is 0 Å². The van der Waals surface area contributed by atoms with Gasteiger partial charge in [0.1, 0.15) is 0 Å². The standard InChI is InChI=1S/C8H13NO3/c10-6-9-3-1-2-7(5-9)4-8(11)12/h6-7H,1-5H2,(H,11,12). The maximum Gasteiger partial charge on any atom is 0.303 e. The fraction of sp³-hybridized carbons (Fsp3) is 0.750. The molecule has 1 unspecified atom stereocenters. The van der Waals surface area contributed by atoms with Crippen LogP contribution in [0.25, 0.3) is 0 Å². The van der Waals surface area contributed by atoms with E-state index in [0.717, 1.165) is 25.8 Å². The van der Waals surface area contributed by atoms with E-state index in [2.05, 4.69) is 0 Å². The number of nitrogens with zero attached hydrogens (tertiary/aromatic N) is 1. The van der Waals surface area contributed by atoms with Gasteiger partial charge in [0.25, 0.3) is 0 Å². The van der Waals surface area contributed by atoms with E-state index in [-0.39, 0.29) is 12.3 Å². The molecule has 1 atom stereocenters. The molecule has 1 fully saturated rings. The van der Waals surface area contributed by atoms with E-state index in [1.54, 1.807) is 4.90 Å². The van der Waals surface area contributed by atoms with E-state index in [9.17, 15) is 9.59 Å². The SMILES string of the molecule is O=CN1CCCC(CC(=O)O)C1. The number of hydrogen-bond donors (Lipinski definition) is 1. The van der Waals surface area contributed by atoms with Gasteiger partial charge in [-0.05, 0) is 18.8 Å². The van der Waals surface area contributed by atoms with Crippen molar-refractivity contribution < 1.29 is 14.7 Å². The molecule has 1 heterocycles. The van der Waals surface area contributed by atoms with Crippen molar-refractivity contribution in [1.29, 1.82) is 0 Å². The Morgan fingerprint density at radius 3 is 3.00 bits per heavy atom. The number of amides is 1. The van der Waals surface area contributed by atoms with Crippen LogP contribution in [0.4, 0.5) is 0 Å². The van der Waals surface area contributed by atoms with Gasteiger partial charge in [-0.3, -0.25) is 9.59 Å². The quantitative estimate of drug-likeness (QED) is 0.622. The van der Waals surface area contributed by atoms with Gasteiger partial charge < -0.3 is 10.0 Å². The Morgan fingerprint density at radius 2 is 2.42 bits per heavy atom. The number of carboxylic acid groups (broad SMARTS) is 1. The van der Waals surface area contributed by atoms with Gasteiger partial charge in [0.05, 0.1) is 0 Å². The summed E-state index contributed by atoms with van der Waals surface area (Å²) in [5.74, 6) is -0.616. The lowest BCUT2D eigenvalue weighted by atomic mass is 9.95. The molecule has 0 aliphatic carbocycles. The second-order valence-electron chi connectivity index (χ2n) is 3.21. The van der Waals surface area contributed by atoms with Gasteiger partial charge in [-0.2, -0.15) is 0 Å². The summed E-state index contributed by atoms with van der Waals surface area (Å²) in [6, 6.07) is 0. The summed E-state index contributed by atoms with van der Waals surface area (Å²) in [7, 11) is 0. The molecule has 0 aromatic heterocycles. The third-order valence-electron chi connectivity index (χ3n) is 2.16. The molecule has 1 rings (SSSR count). The molecule has 68 valence electrons. The average Bonchev–Trinajstić information content (AvgIpc) is 2.03. The van der Waals surface area contributed by atoms with Gasteiger partial charge in [-0.15, -0.1) is 0 Å². The minimum Gasteiger partial charge on any atom is -0.481 e. The van der Waals surface area contributed by atoms with Gasteiger partial charge in [-0.1, -0.05) is 0 Å². The fourth-order valence-electron chi connectivity index (χ4n) is 1.61. The highest BCUT2D eigenvalue weighted by Gasteiger charge is 2.20. The number of carboxylic acids is 1. The molecular weight excluding hydrogens is 158 g/mol. The summed E-state index contributed by atoms with van der Waals surface area (Å²) < 4.78 is 0. The Labute approximate surface area is 71.2 Å². The van der Waals surface area contributed by atoms with Gasteiger partial charge >= 0.3 is 5.97 Å². The van der Waals surface area contributed by atoms with Crippen LogP contribution in [0.15, 0.2) is 0 Å². The van der Waals surface area contributed by atoms with E-state index in [1.165, 1.54) is 0 Å². The highest BCUT2D eigenvalue weighted by molar-refractivity contribution is 5.67. The first kappa shape index (κ1) is 9.03. The van der Waals surface area contributed by atoms with Crippen LogP contribution < -0.4 is 0 Å². The predicted octanol–water partition coefficient (Wildman–Crippen LogP) is 0.329. The van der Waals surface area contributed by atoms with Crippen LogP contribution in [0, 0.1) is 5.92 Å². The lowest BCUT2D eigenvalue weighted by molar-refractivity contribution is -0.139. The van der Waals surface area contributed by atoms with Crippen molar-refractivity contribution in [1.82, 2.24) is 4.90 Å². The third-order valence-corrected chi connectivity index (χ3v) is 2.16. The molecule has 1 aliphatic rings. The minimum atomic E-state index is -0.771. The molecule has 0 saturated carbocycles. The van der Waals surface area contributed by atoms with Crippen LogP contribution in [0.3, 0.4) is 0 Å². The van der Waals surface area contributed by atoms with Crippen LogP contribution in [0.2, 0.25) is 0 Å². The molecule has 0 aromatic rings. The van der Waals surface area contributed by atoms with Crippen LogP contribution in [-0.2, 0) is 9.59 Å². The van der Waals surface area contributed by atoms with Crippen molar-refractivity contribution in [2.75, 3.05) is 13.1 Å². The molecule has 1 amide bonds. The average molecular weight is 171 g/mol. The highest BCUT2D eigenvalue weighted by atomic mass is 16.4. The second kappa shape index (κ2) is 4.09. The predicted molar refractivity (Wildman–Crippen MR) is 42.6 cm³/mol. The Balaban J connectivity index is 2.35. The Morgan fingerprint density at radius 1 is 1.67 bits per heavy atom. The monoisotopic (exact) mass is 171 g/mol. The van der Waals surface area contributed by atoms with E-state index in [0.29, 0.717) is 6.54 Å². The van der Waals surface area contributed by atoms with Gasteiger partial charge in [0.15, 0.2) is 0 Å². The lowest BCUT2D eigenvalue weighted by Gasteiger charge is -2.28. The van der Waals surface area contributed by atoms with Crippen LogP contribution in [0.5, 0.6) is 0 Å². The largest absolute Gasteiger partial charge is 0.481 e. The molecule has 0 radical (unpaired) electrons. The van der Waals surface area contributed by atoms with E-state index in [4.69, 9.17) is 5.11 Å². The smallest absolute Gasteiger partial charge is 0.303 e. The molecule has 0 spiro atoms. The summed E-state index contributed by atoms with van der Waals surface area (Å²) in [5.41, 5.74) is 0. The molecular formula is C8H13NO3. The third kappa shape index (κ3) is 2.53. The first-order valence-corrected chi connectivity index (χ1v) is 4.13. The molecule has 0 bridgehead atoms. The van der Waals surface area contributed by atoms with Crippen LogP contribution >= 0.6 is 0 Å². The molecule has 1 saturated heterocycles.